The third-order valence-electron chi connectivity index (χ3n) is 1.76. The lowest BCUT2D eigenvalue weighted by molar-refractivity contribution is -0.385. The highest BCUT2D eigenvalue weighted by molar-refractivity contribution is 9.10. The van der Waals surface area contributed by atoms with Crippen molar-refractivity contribution in [1.29, 1.82) is 0 Å². The molecule has 0 atom stereocenters. The fourth-order valence-electron chi connectivity index (χ4n) is 1.09. The van der Waals surface area contributed by atoms with Crippen LogP contribution in [-0.2, 0) is 6.54 Å². The number of rotatable bonds is 4. The smallest absolute Gasteiger partial charge is 0.283 e. The Kier molecular flexibility index (Phi) is 4.28. The Morgan fingerprint density at radius 3 is 2.93 bits per heavy atom. The van der Waals surface area contributed by atoms with Gasteiger partial charge in [-0.1, -0.05) is 12.0 Å². The van der Waals surface area contributed by atoms with Crippen LogP contribution in [0, 0.1) is 22.5 Å². The number of hydrogen-bond acceptors (Lipinski definition) is 3. The fourth-order valence-corrected chi connectivity index (χ4v) is 1.48. The van der Waals surface area contributed by atoms with Crippen LogP contribution in [0.5, 0.6) is 0 Å². The topological polar surface area (TPSA) is 55.2 Å². The molecule has 0 saturated carbocycles. The van der Waals surface area contributed by atoms with Crippen molar-refractivity contribution in [3.8, 4) is 12.3 Å². The zero-order chi connectivity index (χ0) is 11.3. The minimum Gasteiger partial charge on any atom is -0.302 e. The van der Waals surface area contributed by atoms with Crippen molar-refractivity contribution in [2.75, 3.05) is 6.54 Å². The van der Waals surface area contributed by atoms with Crippen LogP contribution in [0.3, 0.4) is 0 Å². The van der Waals surface area contributed by atoms with Gasteiger partial charge in [0.25, 0.3) is 5.69 Å². The van der Waals surface area contributed by atoms with Crippen molar-refractivity contribution in [2.45, 2.75) is 6.54 Å². The zero-order valence-corrected chi connectivity index (χ0v) is 9.45. The summed E-state index contributed by atoms with van der Waals surface area (Å²) < 4.78 is 0.480. The number of nitro groups is 1. The number of hydrogen-bond donors (Lipinski definition) is 1. The normalized spacial score (nSPS) is 9.60. The molecule has 0 amide bonds. The van der Waals surface area contributed by atoms with Gasteiger partial charge in [0.2, 0.25) is 0 Å². The van der Waals surface area contributed by atoms with Crippen molar-refractivity contribution in [2.24, 2.45) is 0 Å². The zero-order valence-electron chi connectivity index (χ0n) is 7.87. The molecule has 5 heteroatoms. The maximum Gasteiger partial charge on any atom is 0.283 e. The summed E-state index contributed by atoms with van der Waals surface area (Å²) in [6.07, 6.45) is 5.07. The Labute approximate surface area is 96.0 Å². The molecule has 15 heavy (non-hydrogen) atoms. The number of terminal acetylenes is 1. The predicted octanol–water partition coefficient (Wildman–Crippen LogP) is 2.08. The standard InChI is InChI=1S/C10H9BrN2O2/c1-2-5-12-7-8-3-4-9(11)10(6-8)13(14)15/h1,3-4,6,12H,5,7H2. The molecule has 1 aromatic carbocycles. The fraction of sp³-hybridized carbons (Fsp3) is 0.200. The summed E-state index contributed by atoms with van der Waals surface area (Å²) in [5.74, 6) is 2.43. The highest BCUT2D eigenvalue weighted by Crippen LogP contribution is 2.25. The van der Waals surface area contributed by atoms with Gasteiger partial charge in [0, 0.05) is 12.6 Å². The molecule has 0 aliphatic rings. The molecule has 0 aliphatic heterocycles. The van der Waals surface area contributed by atoms with Crippen molar-refractivity contribution in [3.63, 3.8) is 0 Å². The third kappa shape index (κ3) is 3.35. The summed E-state index contributed by atoms with van der Waals surface area (Å²) >= 11 is 3.12. The van der Waals surface area contributed by atoms with Gasteiger partial charge in [-0.3, -0.25) is 10.1 Å². The Balaban J connectivity index is 2.79. The lowest BCUT2D eigenvalue weighted by atomic mass is 10.2. The molecule has 1 rings (SSSR count). The number of nitrogens with one attached hydrogen (secondary N) is 1. The van der Waals surface area contributed by atoms with Crippen LogP contribution in [0.25, 0.3) is 0 Å². The van der Waals surface area contributed by atoms with E-state index in [4.69, 9.17) is 6.42 Å². The average molecular weight is 269 g/mol. The first kappa shape index (κ1) is 11.7. The number of nitro benzene ring substituents is 1. The molecule has 4 nitrogen and oxygen atoms in total. The molecule has 78 valence electrons. The van der Waals surface area contributed by atoms with Crippen LogP contribution >= 0.6 is 15.9 Å². The van der Waals surface area contributed by atoms with Gasteiger partial charge >= 0.3 is 0 Å². The van der Waals surface area contributed by atoms with Gasteiger partial charge in [0.05, 0.1) is 15.9 Å². The quantitative estimate of drug-likeness (QED) is 0.394. The molecular formula is C10H9BrN2O2. The summed E-state index contributed by atoms with van der Waals surface area (Å²) in [5, 5.41) is 13.6. The summed E-state index contributed by atoms with van der Waals surface area (Å²) in [6, 6.07) is 4.99. The summed E-state index contributed by atoms with van der Waals surface area (Å²) in [5.41, 5.74) is 0.898. The molecule has 1 aromatic rings. The molecule has 0 radical (unpaired) electrons. The first-order valence-corrected chi connectivity index (χ1v) is 5.01. The Morgan fingerprint density at radius 1 is 1.60 bits per heavy atom. The van der Waals surface area contributed by atoms with E-state index in [0.717, 1.165) is 5.56 Å². The minimum atomic E-state index is -0.422. The summed E-state index contributed by atoms with van der Waals surface area (Å²) in [6.45, 7) is 0.974. The van der Waals surface area contributed by atoms with E-state index in [1.165, 1.54) is 6.07 Å². The molecular weight excluding hydrogens is 260 g/mol. The first-order chi connectivity index (χ1) is 7.15. The van der Waals surface area contributed by atoms with Crippen LogP contribution in [-0.4, -0.2) is 11.5 Å². The van der Waals surface area contributed by atoms with Crippen LogP contribution in [0.2, 0.25) is 0 Å². The Hall–Kier alpha value is -1.38. The second-order valence-electron chi connectivity index (χ2n) is 2.85. The van der Waals surface area contributed by atoms with Gasteiger partial charge < -0.3 is 5.32 Å². The maximum atomic E-state index is 10.6. The molecule has 1 N–H and O–H groups in total. The molecule has 0 heterocycles. The van der Waals surface area contributed by atoms with Crippen molar-refractivity contribution >= 4 is 21.6 Å². The van der Waals surface area contributed by atoms with E-state index in [2.05, 4.69) is 27.2 Å². The van der Waals surface area contributed by atoms with Gasteiger partial charge in [-0.05, 0) is 27.6 Å². The summed E-state index contributed by atoms with van der Waals surface area (Å²) in [7, 11) is 0. The van der Waals surface area contributed by atoms with Crippen LogP contribution in [0.1, 0.15) is 5.56 Å². The highest BCUT2D eigenvalue weighted by atomic mass is 79.9. The number of halogens is 1. The largest absolute Gasteiger partial charge is 0.302 e. The van der Waals surface area contributed by atoms with E-state index in [1.54, 1.807) is 12.1 Å². The molecule has 0 unspecified atom stereocenters. The van der Waals surface area contributed by atoms with Gasteiger partial charge in [0.15, 0.2) is 0 Å². The average Bonchev–Trinajstić information content (AvgIpc) is 2.20. The first-order valence-electron chi connectivity index (χ1n) is 4.22. The lowest BCUT2D eigenvalue weighted by Crippen LogP contribution is -2.13. The molecule has 0 aliphatic carbocycles. The molecule has 0 aromatic heterocycles. The molecule has 0 saturated heterocycles. The minimum absolute atomic E-state index is 0.0648. The van der Waals surface area contributed by atoms with E-state index in [0.29, 0.717) is 17.6 Å². The van der Waals surface area contributed by atoms with Crippen molar-refractivity contribution in [3.05, 3.63) is 38.3 Å². The van der Waals surface area contributed by atoms with E-state index in [-0.39, 0.29) is 5.69 Å². The van der Waals surface area contributed by atoms with Gasteiger partial charge in [-0.25, -0.2) is 0 Å². The molecule has 0 spiro atoms. The van der Waals surface area contributed by atoms with Crippen molar-refractivity contribution in [1.82, 2.24) is 5.32 Å². The third-order valence-corrected chi connectivity index (χ3v) is 2.43. The Morgan fingerprint density at radius 2 is 2.33 bits per heavy atom. The lowest BCUT2D eigenvalue weighted by Gasteiger charge is -2.02. The molecule has 0 fully saturated rings. The van der Waals surface area contributed by atoms with Crippen LogP contribution in [0.4, 0.5) is 5.69 Å². The van der Waals surface area contributed by atoms with Gasteiger partial charge in [-0.15, -0.1) is 6.42 Å². The van der Waals surface area contributed by atoms with E-state index >= 15 is 0 Å². The number of benzene rings is 1. The predicted molar refractivity (Wildman–Crippen MR) is 61.3 cm³/mol. The SMILES string of the molecule is C#CCNCc1ccc(Br)c([N+](=O)[O-])c1. The van der Waals surface area contributed by atoms with Crippen molar-refractivity contribution < 1.29 is 4.92 Å². The van der Waals surface area contributed by atoms with E-state index < -0.39 is 4.92 Å². The van der Waals surface area contributed by atoms with E-state index in [1.807, 2.05) is 0 Å². The van der Waals surface area contributed by atoms with Crippen LogP contribution < -0.4 is 5.32 Å². The Bertz CT molecular complexity index is 412. The monoisotopic (exact) mass is 268 g/mol. The maximum absolute atomic E-state index is 10.6. The van der Waals surface area contributed by atoms with E-state index in [9.17, 15) is 10.1 Å². The van der Waals surface area contributed by atoms with Crippen LogP contribution in [0.15, 0.2) is 22.7 Å². The number of nitrogens with zero attached hydrogens (tertiary/aromatic N) is 1. The summed E-state index contributed by atoms with van der Waals surface area (Å²) in [4.78, 5) is 10.2. The molecule has 0 bridgehead atoms. The highest BCUT2D eigenvalue weighted by Gasteiger charge is 2.11. The second kappa shape index (κ2) is 5.49. The van der Waals surface area contributed by atoms with Gasteiger partial charge in [-0.2, -0.15) is 0 Å². The van der Waals surface area contributed by atoms with Gasteiger partial charge in [0.1, 0.15) is 0 Å². The second-order valence-corrected chi connectivity index (χ2v) is 3.70.